The average Bonchev–Trinajstić information content (AvgIpc) is 3.32. The Bertz CT molecular complexity index is 436. The van der Waals surface area contributed by atoms with Gasteiger partial charge < -0.3 is 24.8 Å². The smallest absolute Gasteiger partial charge is 0.251 e. The third-order valence-electron chi connectivity index (χ3n) is 5.22. The first-order valence-corrected chi connectivity index (χ1v) is 9.36. The molecule has 7 nitrogen and oxygen atoms in total. The summed E-state index contributed by atoms with van der Waals surface area (Å²) in [5.41, 5.74) is 0. The van der Waals surface area contributed by atoms with E-state index in [4.69, 9.17) is 4.74 Å². The van der Waals surface area contributed by atoms with E-state index >= 15 is 0 Å². The molecule has 0 spiro atoms. The van der Waals surface area contributed by atoms with Crippen LogP contribution in [0.5, 0.6) is 0 Å². The molecular formula is C17H31N5O2. The largest absolute Gasteiger partial charge is 0.368 e. The quantitative estimate of drug-likeness (QED) is 0.577. The molecule has 24 heavy (non-hydrogen) atoms. The van der Waals surface area contributed by atoms with Crippen LogP contribution >= 0.6 is 0 Å². The number of likely N-dealkylation sites (tertiary alicyclic amines) is 1. The molecule has 0 aromatic carbocycles. The van der Waals surface area contributed by atoms with Gasteiger partial charge >= 0.3 is 0 Å². The normalized spacial score (nSPS) is 26.2. The van der Waals surface area contributed by atoms with Crippen LogP contribution < -0.4 is 5.32 Å². The second kappa shape index (κ2) is 8.67. The van der Waals surface area contributed by atoms with E-state index < -0.39 is 0 Å². The highest BCUT2D eigenvalue weighted by molar-refractivity contribution is 5.82. The lowest BCUT2D eigenvalue weighted by molar-refractivity contribution is -0.142. The van der Waals surface area contributed by atoms with Crippen molar-refractivity contribution < 1.29 is 9.53 Å². The van der Waals surface area contributed by atoms with Gasteiger partial charge in [0.25, 0.3) is 5.91 Å². The number of nitrogens with one attached hydrogen (secondary N) is 1. The van der Waals surface area contributed by atoms with Gasteiger partial charge in [-0.2, -0.15) is 0 Å². The Morgan fingerprint density at radius 1 is 1.08 bits per heavy atom. The highest BCUT2D eigenvalue weighted by Gasteiger charge is 2.30. The number of piperazine rings is 1. The summed E-state index contributed by atoms with van der Waals surface area (Å²) in [5.74, 6) is 1.13. The summed E-state index contributed by atoms with van der Waals surface area (Å²) in [7, 11) is 1.84. The van der Waals surface area contributed by atoms with E-state index in [0.717, 1.165) is 64.7 Å². The Hall–Kier alpha value is -1.34. The van der Waals surface area contributed by atoms with Gasteiger partial charge in [0.2, 0.25) is 0 Å². The van der Waals surface area contributed by atoms with Crippen molar-refractivity contribution >= 4 is 11.9 Å². The third-order valence-corrected chi connectivity index (χ3v) is 5.22. The van der Waals surface area contributed by atoms with Gasteiger partial charge in [-0.25, -0.2) is 0 Å². The van der Waals surface area contributed by atoms with Gasteiger partial charge in [0.05, 0.1) is 0 Å². The Labute approximate surface area is 145 Å². The van der Waals surface area contributed by atoms with E-state index in [1.165, 1.54) is 25.9 Å². The minimum atomic E-state index is -0.200. The molecule has 3 rings (SSSR count). The molecule has 0 aromatic heterocycles. The van der Waals surface area contributed by atoms with Crippen molar-refractivity contribution in [3.63, 3.8) is 0 Å². The number of rotatable bonds is 4. The zero-order valence-corrected chi connectivity index (χ0v) is 14.9. The first-order chi connectivity index (χ1) is 11.8. The SMILES string of the molecule is CN=C(NCCN1CCCC1)N1CCN(C(=O)C2CCCO2)CC1. The lowest BCUT2D eigenvalue weighted by Crippen LogP contribution is -2.55. The van der Waals surface area contributed by atoms with Crippen molar-refractivity contribution in [3.8, 4) is 0 Å². The summed E-state index contributed by atoms with van der Waals surface area (Å²) in [4.78, 5) is 23.5. The molecule has 1 unspecified atom stereocenters. The van der Waals surface area contributed by atoms with Gasteiger partial charge in [-0.3, -0.25) is 9.79 Å². The Balaban J connectivity index is 1.39. The third kappa shape index (κ3) is 4.39. The van der Waals surface area contributed by atoms with Crippen molar-refractivity contribution in [1.82, 2.24) is 20.0 Å². The van der Waals surface area contributed by atoms with Crippen LogP contribution in [0, 0.1) is 0 Å². The predicted octanol–water partition coefficient (Wildman–Crippen LogP) is -0.0192. The van der Waals surface area contributed by atoms with Crippen molar-refractivity contribution in [2.75, 3.05) is 66.0 Å². The van der Waals surface area contributed by atoms with Crippen molar-refractivity contribution in [3.05, 3.63) is 0 Å². The van der Waals surface area contributed by atoms with Crippen molar-refractivity contribution in [2.45, 2.75) is 31.8 Å². The van der Waals surface area contributed by atoms with Crippen LogP contribution in [-0.4, -0.2) is 98.7 Å². The number of carbonyl (C=O) groups is 1. The van der Waals surface area contributed by atoms with E-state index in [1.54, 1.807) is 0 Å². The number of hydrogen-bond acceptors (Lipinski definition) is 4. The zero-order chi connectivity index (χ0) is 16.8. The van der Waals surface area contributed by atoms with E-state index in [1.807, 2.05) is 11.9 Å². The minimum absolute atomic E-state index is 0.170. The monoisotopic (exact) mass is 337 g/mol. The van der Waals surface area contributed by atoms with Crippen LogP contribution in [0.1, 0.15) is 25.7 Å². The summed E-state index contributed by atoms with van der Waals surface area (Å²) < 4.78 is 5.52. The standard InChI is InChI=1S/C17H31N5O2/c1-18-17(19-6-9-20-7-2-3-8-20)22-12-10-21(11-13-22)16(23)15-5-4-14-24-15/h15H,2-14H2,1H3,(H,18,19). The number of aliphatic imine (C=N–C) groups is 1. The number of hydrogen-bond donors (Lipinski definition) is 1. The number of nitrogens with zero attached hydrogens (tertiary/aromatic N) is 4. The molecule has 3 heterocycles. The Morgan fingerprint density at radius 3 is 2.42 bits per heavy atom. The molecule has 1 N–H and O–H groups in total. The molecule has 3 saturated heterocycles. The summed E-state index contributed by atoms with van der Waals surface area (Å²) in [5, 5.41) is 3.47. The fourth-order valence-electron chi connectivity index (χ4n) is 3.78. The van der Waals surface area contributed by atoms with Crippen LogP contribution in [0.15, 0.2) is 4.99 Å². The number of guanidine groups is 1. The Morgan fingerprint density at radius 2 is 1.79 bits per heavy atom. The molecule has 3 fully saturated rings. The summed E-state index contributed by atoms with van der Waals surface area (Å²) >= 11 is 0. The molecule has 0 aliphatic carbocycles. The number of carbonyl (C=O) groups excluding carboxylic acids is 1. The number of amides is 1. The molecule has 0 bridgehead atoms. The fraction of sp³-hybridized carbons (Fsp3) is 0.882. The second-order valence-corrected chi connectivity index (χ2v) is 6.84. The van der Waals surface area contributed by atoms with Crippen LogP contribution in [0.25, 0.3) is 0 Å². The lowest BCUT2D eigenvalue weighted by atomic mass is 10.2. The maximum Gasteiger partial charge on any atom is 0.251 e. The molecule has 0 saturated carbocycles. The molecule has 7 heteroatoms. The molecule has 1 atom stereocenters. The van der Waals surface area contributed by atoms with E-state index in [-0.39, 0.29) is 12.0 Å². The maximum absolute atomic E-state index is 12.4. The topological polar surface area (TPSA) is 60.4 Å². The highest BCUT2D eigenvalue weighted by Crippen LogP contribution is 2.16. The second-order valence-electron chi connectivity index (χ2n) is 6.84. The van der Waals surface area contributed by atoms with Gasteiger partial charge in [-0.15, -0.1) is 0 Å². The van der Waals surface area contributed by atoms with Crippen molar-refractivity contribution in [1.29, 1.82) is 0 Å². The molecule has 0 aromatic rings. The van der Waals surface area contributed by atoms with Gasteiger partial charge in [0.1, 0.15) is 6.10 Å². The average molecular weight is 337 g/mol. The predicted molar refractivity (Wildman–Crippen MR) is 94.2 cm³/mol. The van der Waals surface area contributed by atoms with Crippen molar-refractivity contribution in [2.24, 2.45) is 4.99 Å². The van der Waals surface area contributed by atoms with Crippen LogP contribution in [-0.2, 0) is 9.53 Å². The zero-order valence-electron chi connectivity index (χ0n) is 14.9. The lowest BCUT2D eigenvalue weighted by Gasteiger charge is -2.37. The first kappa shape index (κ1) is 17.5. The van der Waals surface area contributed by atoms with Gasteiger partial charge in [0.15, 0.2) is 5.96 Å². The number of ether oxygens (including phenoxy) is 1. The van der Waals surface area contributed by atoms with Crippen LogP contribution in [0.2, 0.25) is 0 Å². The molecule has 0 radical (unpaired) electrons. The first-order valence-electron chi connectivity index (χ1n) is 9.36. The fourth-order valence-corrected chi connectivity index (χ4v) is 3.78. The minimum Gasteiger partial charge on any atom is -0.368 e. The molecular weight excluding hydrogens is 306 g/mol. The summed E-state index contributed by atoms with van der Waals surface area (Å²) in [6, 6.07) is 0. The van der Waals surface area contributed by atoms with Gasteiger partial charge in [0, 0.05) is 52.9 Å². The molecule has 3 aliphatic heterocycles. The summed E-state index contributed by atoms with van der Waals surface area (Å²) in [6.07, 6.45) is 4.34. The van der Waals surface area contributed by atoms with Crippen LogP contribution in [0.3, 0.4) is 0 Å². The van der Waals surface area contributed by atoms with Gasteiger partial charge in [-0.1, -0.05) is 0 Å². The maximum atomic E-state index is 12.4. The Kier molecular flexibility index (Phi) is 6.31. The van der Waals surface area contributed by atoms with Crippen LogP contribution in [0.4, 0.5) is 0 Å². The van der Waals surface area contributed by atoms with E-state index in [9.17, 15) is 4.79 Å². The highest BCUT2D eigenvalue weighted by atomic mass is 16.5. The van der Waals surface area contributed by atoms with E-state index in [0.29, 0.717) is 0 Å². The molecule has 1 amide bonds. The molecule has 3 aliphatic rings. The van der Waals surface area contributed by atoms with Gasteiger partial charge in [-0.05, 0) is 38.8 Å². The molecule has 136 valence electrons. The summed E-state index contributed by atoms with van der Waals surface area (Å²) in [6.45, 7) is 8.37. The van der Waals surface area contributed by atoms with E-state index in [2.05, 4.69) is 20.1 Å².